The fourth-order valence-corrected chi connectivity index (χ4v) is 3.76. The summed E-state index contributed by atoms with van der Waals surface area (Å²) in [6.45, 7) is 8.47. The van der Waals surface area contributed by atoms with Crippen molar-refractivity contribution in [3.05, 3.63) is 23.8 Å². The Morgan fingerprint density at radius 3 is 2.65 bits per heavy atom. The van der Waals surface area contributed by atoms with Crippen molar-refractivity contribution in [1.82, 2.24) is 10.6 Å². The van der Waals surface area contributed by atoms with Crippen molar-refractivity contribution in [1.29, 1.82) is 0 Å². The van der Waals surface area contributed by atoms with Gasteiger partial charge in [-0.15, -0.1) is 0 Å². The van der Waals surface area contributed by atoms with Crippen LogP contribution < -0.4 is 20.1 Å². The van der Waals surface area contributed by atoms with Crippen LogP contribution in [0, 0.1) is 0 Å². The summed E-state index contributed by atoms with van der Waals surface area (Å²) in [5, 5.41) is 6.51. The molecule has 0 aromatic heterocycles. The minimum Gasteiger partial charge on any atom is -0.490 e. The van der Waals surface area contributed by atoms with E-state index in [-0.39, 0.29) is 18.0 Å². The summed E-state index contributed by atoms with van der Waals surface area (Å²) in [5.41, 5.74) is 1.03. The van der Waals surface area contributed by atoms with E-state index >= 15 is 0 Å². The number of nitrogens with one attached hydrogen (secondary N) is 2. The van der Waals surface area contributed by atoms with Gasteiger partial charge < -0.3 is 20.1 Å². The van der Waals surface area contributed by atoms with Gasteiger partial charge in [-0.3, -0.25) is 4.79 Å². The highest BCUT2D eigenvalue weighted by Crippen LogP contribution is 2.31. The Bertz CT molecular complexity index is 562. The zero-order valence-corrected chi connectivity index (χ0v) is 17.0. The van der Waals surface area contributed by atoms with Crippen LogP contribution in [0.4, 0.5) is 0 Å². The molecule has 1 aliphatic rings. The van der Waals surface area contributed by atoms with Crippen molar-refractivity contribution in [2.45, 2.75) is 52.1 Å². The highest BCUT2D eigenvalue weighted by atomic mass is 32.2. The van der Waals surface area contributed by atoms with Crippen LogP contribution in [-0.4, -0.2) is 43.2 Å². The number of hydrogen-bond acceptors (Lipinski definition) is 5. The smallest absolute Gasteiger partial charge is 0.222 e. The summed E-state index contributed by atoms with van der Waals surface area (Å²) >= 11 is 1.90. The molecule has 1 amide bonds. The molecule has 1 aromatic carbocycles. The van der Waals surface area contributed by atoms with E-state index in [0.717, 1.165) is 48.0 Å². The maximum absolute atomic E-state index is 12.3. The van der Waals surface area contributed by atoms with Crippen LogP contribution in [0.25, 0.3) is 0 Å². The van der Waals surface area contributed by atoms with Gasteiger partial charge in [-0.1, -0.05) is 19.9 Å². The topological polar surface area (TPSA) is 59.6 Å². The monoisotopic (exact) mass is 380 g/mol. The average molecular weight is 381 g/mol. The lowest BCUT2D eigenvalue weighted by Gasteiger charge is -2.24. The van der Waals surface area contributed by atoms with Gasteiger partial charge in [-0.05, 0) is 37.5 Å². The lowest BCUT2D eigenvalue weighted by atomic mass is 10.1. The number of thioether (sulfide) groups is 1. The Labute approximate surface area is 161 Å². The van der Waals surface area contributed by atoms with Crippen molar-refractivity contribution in [3.8, 4) is 11.5 Å². The standard InChI is InChI=1S/C20H32N2O3S/c1-4-9-24-18-7-6-16(12-19(18)25-10-5-2)15(3)22-20(23)13-17-14-26-11-8-21-17/h6-7,12,15,17,21H,4-5,8-11,13-14H2,1-3H3,(H,22,23). The maximum atomic E-state index is 12.3. The molecule has 26 heavy (non-hydrogen) atoms. The van der Waals surface area contributed by atoms with Crippen molar-refractivity contribution in [3.63, 3.8) is 0 Å². The van der Waals surface area contributed by atoms with Crippen LogP contribution in [0.5, 0.6) is 11.5 Å². The Morgan fingerprint density at radius 1 is 1.27 bits per heavy atom. The van der Waals surface area contributed by atoms with Crippen LogP contribution in [0.3, 0.4) is 0 Å². The van der Waals surface area contributed by atoms with Crippen molar-refractivity contribution in [2.24, 2.45) is 0 Å². The molecular formula is C20H32N2O3S. The molecule has 1 aliphatic heterocycles. The van der Waals surface area contributed by atoms with E-state index in [0.29, 0.717) is 19.6 Å². The average Bonchev–Trinajstić information content (AvgIpc) is 2.65. The Balaban J connectivity index is 1.97. The predicted octanol–water partition coefficient (Wildman–Crippen LogP) is 3.54. The SMILES string of the molecule is CCCOc1ccc(C(C)NC(=O)CC2CSCCN2)cc1OCCC. The van der Waals surface area contributed by atoms with Gasteiger partial charge in [-0.25, -0.2) is 0 Å². The second kappa shape index (κ2) is 11.3. The summed E-state index contributed by atoms with van der Waals surface area (Å²) in [7, 11) is 0. The number of carbonyl (C=O) groups excluding carboxylic acids is 1. The molecule has 1 heterocycles. The molecule has 6 heteroatoms. The van der Waals surface area contributed by atoms with E-state index in [1.54, 1.807) is 0 Å². The van der Waals surface area contributed by atoms with Gasteiger partial charge in [0.2, 0.25) is 5.91 Å². The molecule has 146 valence electrons. The summed E-state index contributed by atoms with van der Waals surface area (Å²) in [4.78, 5) is 12.3. The minimum atomic E-state index is -0.0667. The summed E-state index contributed by atoms with van der Waals surface area (Å²) in [6, 6.07) is 6.14. The van der Waals surface area contributed by atoms with Gasteiger partial charge in [0.1, 0.15) is 0 Å². The van der Waals surface area contributed by atoms with E-state index in [1.165, 1.54) is 0 Å². The number of hydrogen-bond donors (Lipinski definition) is 2. The minimum absolute atomic E-state index is 0.0667. The van der Waals surface area contributed by atoms with Crippen LogP contribution in [0.1, 0.15) is 51.6 Å². The molecule has 1 aromatic rings. The van der Waals surface area contributed by atoms with Gasteiger partial charge in [0.15, 0.2) is 11.5 Å². The largest absolute Gasteiger partial charge is 0.490 e. The van der Waals surface area contributed by atoms with Gasteiger partial charge in [-0.2, -0.15) is 11.8 Å². The third-order valence-corrected chi connectivity index (χ3v) is 5.33. The summed E-state index contributed by atoms with van der Waals surface area (Å²) < 4.78 is 11.6. The summed E-state index contributed by atoms with van der Waals surface area (Å²) in [6.07, 6.45) is 2.42. The lowest BCUT2D eigenvalue weighted by molar-refractivity contribution is -0.122. The molecule has 0 aliphatic carbocycles. The van der Waals surface area contributed by atoms with Crippen LogP contribution in [0.15, 0.2) is 18.2 Å². The Hall–Kier alpha value is -1.40. The maximum Gasteiger partial charge on any atom is 0.222 e. The van der Waals surface area contributed by atoms with Gasteiger partial charge in [0, 0.05) is 30.5 Å². The second-order valence-corrected chi connectivity index (χ2v) is 7.77. The number of carbonyl (C=O) groups is 1. The molecule has 0 saturated carbocycles. The molecule has 1 saturated heterocycles. The van der Waals surface area contributed by atoms with Crippen molar-refractivity contribution < 1.29 is 14.3 Å². The molecule has 2 unspecified atom stereocenters. The molecule has 5 nitrogen and oxygen atoms in total. The first kappa shape index (κ1) is 20.9. The number of ether oxygens (including phenoxy) is 2. The third kappa shape index (κ3) is 6.72. The van der Waals surface area contributed by atoms with E-state index in [9.17, 15) is 4.79 Å². The first-order valence-corrected chi connectivity index (χ1v) is 10.8. The van der Waals surface area contributed by atoms with Crippen molar-refractivity contribution >= 4 is 17.7 Å². The van der Waals surface area contributed by atoms with Crippen LogP contribution >= 0.6 is 11.8 Å². The normalized spacial score (nSPS) is 18.2. The van der Waals surface area contributed by atoms with E-state index < -0.39 is 0 Å². The number of benzene rings is 1. The first-order valence-electron chi connectivity index (χ1n) is 9.64. The van der Waals surface area contributed by atoms with E-state index in [4.69, 9.17) is 9.47 Å². The van der Waals surface area contributed by atoms with Gasteiger partial charge in [0.25, 0.3) is 0 Å². The van der Waals surface area contributed by atoms with E-state index in [2.05, 4.69) is 24.5 Å². The quantitative estimate of drug-likeness (QED) is 0.650. The van der Waals surface area contributed by atoms with Gasteiger partial charge >= 0.3 is 0 Å². The zero-order valence-electron chi connectivity index (χ0n) is 16.2. The first-order chi connectivity index (χ1) is 12.6. The lowest BCUT2D eigenvalue weighted by Crippen LogP contribution is -2.41. The zero-order chi connectivity index (χ0) is 18.8. The molecular weight excluding hydrogens is 348 g/mol. The highest BCUT2D eigenvalue weighted by molar-refractivity contribution is 7.99. The fraction of sp³-hybridized carbons (Fsp3) is 0.650. The van der Waals surface area contributed by atoms with Gasteiger partial charge in [0.05, 0.1) is 19.3 Å². The molecule has 0 radical (unpaired) electrons. The fourth-order valence-electron chi connectivity index (χ4n) is 2.81. The van der Waals surface area contributed by atoms with E-state index in [1.807, 2.05) is 36.9 Å². The summed E-state index contributed by atoms with van der Waals surface area (Å²) in [5.74, 6) is 3.73. The Kier molecular flexibility index (Phi) is 9.12. The molecule has 1 fully saturated rings. The van der Waals surface area contributed by atoms with Crippen LogP contribution in [-0.2, 0) is 4.79 Å². The molecule has 0 bridgehead atoms. The molecule has 0 spiro atoms. The van der Waals surface area contributed by atoms with Crippen LogP contribution in [0.2, 0.25) is 0 Å². The third-order valence-electron chi connectivity index (χ3n) is 4.20. The molecule has 2 rings (SSSR count). The second-order valence-electron chi connectivity index (χ2n) is 6.62. The Morgan fingerprint density at radius 2 is 2.00 bits per heavy atom. The van der Waals surface area contributed by atoms with Crippen molar-refractivity contribution in [2.75, 3.05) is 31.3 Å². The highest BCUT2D eigenvalue weighted by Gasteiger charge is 2.19. The predicted molar refractivity (Wildman–Crippen MR) is 108 cm³/mol. The molecule has 2 atom stereocenters. The number of rotatable bonds is 10. The number of amides is 1. The molecule has 2 N–H and O–H groups in total.